The maximum Gasteiger partial charge on any atom is 0.264 e. The van der Waals surface area contributed by atoms with Gasteiger partial charge in [0.15, 0.2) is 0 Å². The minimum atomic E-state index is -4.03. The number of benzene rings is 4. The molecule has 0 aliphatic carbocycles. The predicted octanol–water partition coefficient (Wildman–Crippen LogP) is 5.19. The lowest BCUT2D eigenvalue weighted by atomic mass is 10.1. The van der Waals surface area contributed by atoms with Gasteiger partial charge in [0, 0.05) is 5.39 Å². The van der Waals surface area contributed by atoms with Gasteiger partial charge in [0.25, 0.3) is 10.0 Å². The van der Waals surface area contributed by atoms with Crippen LogP contribution in [-0.4, -0.2) is 34.0 Å². The smallest absolute Gasteiger partial charge is 0.264 e. The number of para-hydroxylation sites is 1. The summed E-state index contributed by atoms with van der Waals surface area (Å²) in [4.78, 5) is 12.9. The highest BCUT2D eigenvalue weighted by Crippen LogP contribution is 2.30. The second-order valence-corrected chi connectivity index (χ2v) is 10.2. The largest absolute Gasteiger partial charge is 0.491 e. The number of nitrogens with zero attached hydrogens (tertiary/aromatic N) is 1. The molecule has 0 atom stereocenters. The first-order valence-electron chi connectivity index (χ1n) is 11.1. The van der Waals surface area contributed by atoms with Crippen LogP contribution in [0, 0.1) is 6.92 Å². The number of nitrogens with one attached hydrogen (secondary N) is 1. The Hall–Kier alpha value is -3.55. The molecule has 0 fully saturated rings. The number of hydrogen-bond acceptors (Lipinski definition) is 4. The van der Waals surface area contributed by atoms with Crippen LogP contribution in [0.3, 0.4) is 0 Å². The Morgan fingerprint density at radius 2 is 1.60 bits per heavy atom. The summed E-state index contributed by atoms with van der Waals surface area (Å²) in [5.74, 6) is 0.249. The number of fused-ring (bicyclic) bond motifs is 1. The molecule has 35 heavy (non-hydrogen) atoms. The normalized spacial score (nSPS) is 11.3. The van der Waals surface area contributed by atoms with Crippen LogP contribution in [0.25, 0.3) is 10.8 Å². The molecule has 0 saturated heterocycles. The summed E-state index contributed by atoms with van der Waals surface area (Å²) >= 11 is 6.31. The summed E-state index contributed by atoms with van der Waals surface area (Å²) in [6, 6.07) is 26.7. The molecule has 0 unspecified atom stereocenters. The lowest BCUT2D eigenvalue weighted by Crippen LogP contribution is -2.42. The molecular weight excluding hydrogens is 484 g/mol. The summed E-state index contributed by atoms with van der Waals surface area (Å²) in [5.41, 5.74) is 1.16. The third-order valence-electron chi connectivity index (χ3n) is 5.45. The highest BCUT2D eigenvalue weighted by Gasteiger charge is 2.28. The number of anilines is 1. The molecule has 6 nitrogen and oxygen atoms in total. The van der Waals surface area contributed by atoms with Gasteiger partial charge in [-0.05, 0) is 42.6 Å². The van der Waals surface area contributed by atoms with Crippen molar-refractivity contribution in [2.75, 3.05) is 24.0 Å². The Morgan fingerprint density at radius 1 is 0.914 bits per heavy atom. The Bertz CT molecular complexity index is 1430. The summed E-state index contributed by atoms with van der Waals surface area (Å²) in [6.45, 7) is 1.89. The van der Waals surface area contributed by atoms with Gasteiger partial charge in [-0.2, -0.15) is 0 Å². The summed E-state index contributed by atoms with van der Waals surface area (Å²) in [7, 11) is -4.03. The van der Waals surface area contributed by atoms with E-state index in [2.05, 4.69) is 5.32 Å². The van der Waals surface area contributed by atoms with Crippen molar-refractivity contribution in [2.45, 2.75) is 11.8 Å². The number of carbonyl (C=O) groups is 1. The Morgan fingerprint density at radius 3 is 2.37 bits per heavy atom. The van der Waals surface area contributed by atoms with Gasteiger partial charge in [0.2, 0.25) is 5.91 Å². The molecule has 4 aromatic carbocycles. The van der Waals surface area contributed by atoms with Gasteiger partial charge in [-0.25, -0.2) is 8.42 Å². The Kier molecular flexibility index (Phi) is 7.58. The number of aryl methyl sites for hydroxylation is 1. The van der Waals surface area contributed by atoms with Crippen molar-refractivity contribution in [1.29, 1.82) is 0 Å². The molecule has 0 aliphatic rings. The summed E-state index contributed by atoms with van der Waals surface area (Å²) in [5, 5.41) is 5.01. The predicted molar refractivity (Wildman–Crippen MR) is 140 cm³/mol. The van der Waals surface area contributed by atoms with E-state index in [-0.39, 0.29) is 28.8 Å². The first kappa shape index (κ1) is 24.6. The Labute approximate surface area is 210 Å². The van der Waals surface area contributed by atoms with Crippen molar-refractivity contribution < 1.29 is 17.9 Å². The molecule has 1 N–H and O–H groups in total. The molecule has 180 valence electrons. The zero-order valence-corrected chi connectivity index (χ0v) is 20.7. The van der Waals surface area contributed by atoms with Crippen molar-refractivity contribution >= 4 is 44.0 Å². The average Bonchev–Trinajstić information content (AvgIpc) is 2.86. The van der Waals surface area contributed by atoms with Crippen LogP contribution in [0.15, 0.2) is 95.9 Å². The molecular formula is C27H25ClN2O4S. The van der Waals surface area contributed by atoms with E-state index in [9.17, 15) is 13.2 Å². The van der Waals surface area contributed by atoms with Gasteiger partial charge in [-0.3, -0.25) is 9.10 Å². The van der Waals surface area contributed by atoms with E-state index < -0.39 is 22.5 Å². The molecule has 0 saturated carbocycles. The summed E-state index contributed by atoms with van der Waals surface area (Å²) < 4.78 is 33.8. The van der Waals surface area contributed by atoms with Gasteiger partial charge in [-0.15, -0.1) is 0 Å². The van der Waals surface area contributed by atoms with Crippen LogP contribution >= 0.6 is 11.6 Å². The molecule has 0 aliphatic heterocycles. The van der Waals surface area contributed by atoms with Crippen molar-refractivity contribution in [3.63, 3.8) is 0 Å². The van der Waals surface area contributed by atoms with Gasteiger partial charge in [0.1, 0.15) is 18.9 Å². The first-order chi connectivity index (χ1) is 16.9. The number of rotatable bonds is 9. The van der Waals surface area contributed by atoms with Gasteiger partial charge >= 0.3 is 0 Å². The standard InChI is InChI=1S/C27H25ClN2O4S/c1-20-13-15-22(16-14-20)35(32,33)30(25-11-5-4-10-24(25)28)19-27(31)29-17-18-34-26-12-6-8-21-7-2-3-9-23(21)26/h2-16H,17-19H2,1H3,(H,29,31). The molecule has 0 bridgehead atoms. The van der Waals surface area contributed by atoms with Crippen LogP contribution < -0.4 is 14.4 Å². The van der Waals surface area contributed by atoms with E-state index in [1.54, 1.807) is 36.4 Å². The average molecular weight is 509 g/mol. The van der Waals surface area contributed by atoms with Crippen LogP contribution in [0.2, 0.25) is 5.02 Å². The zero-order chi connectivity index (χ0) is 24.8. The molecule has 1 amide bonds. The molecule has 4 aromatic rings. The second kappa shape index (κ2) is 10.8. The highest BCUT2D eigenvalue weighted by atomic mass is 35.5. The van der Waals surface area contributed by atoms with E-state index in [0.29, 0.717) is 0 Å². The molecule has 4 rings (SSSR count). The fourth-order valence-electron chi connectivity index (χ4n) is 3.65. The van der Waals surface area contributed by atoms with Crippen LogP contribution in [0.4, 0.5) is 5.69 Å². The molecule has 0 heterocycles. The van der Waals surface area contributed by atoms with Crippen LogP contribution in [-0.2, 0) is 14.8 Å². The summed E-state index contributed by atoms with van der Waals surface area (Å²) in [6.07, 6.45) is 0. The van der Waals surface area contributed by atoms with Crippen LogP contribution in [0.5, 0.6) is 5.75 Å². The van der Waals surface area contributed by atoms with E-state index in [1.807, 2.05) is 49.4 Å². The third-order valence-corrected chi connectivity index (χ3v) is 7.54. The molecule has 0 radical (unpaired) electrons. The number of halogens is 1. The quantitative estimate of drug-likeness (QED) is 0.316. The highest BCUT2D eigenvalue weighted by molar-refractivity contribution is 7.92. The fraction of sp³-hybridized carbons (Fsp3) is 0.148. The van der Waals surface area contributed by atoms with Gasteiger partial charge in [-0.1, -0.05) is 77.8 Å². The zero-order valence-electron chi connectivity index (χ0n) is 19.1. The van der Waals surface area contributed by atoms with Gasteiger partial charge in [0.05, 0.1) is 22.2 Å². The van der Waals surface area contributed by atoms with Crippen molar-refractivity contribution in [1.82, 2.24) is 5.32 Å². The monoisotopic (exact) mass is 508 g/mol. The number of hydrogen-bond donors (Lipinski definition) is 1. The lowest BCUT2D eigenvalue weighted by molar-refractivity contribution is -0.119. The topological polar surface area (TPSA) is 75.7 Å². The number of carbonyl (C=O) groups excluding carboxylic acids is 1. The van der Waals surface area contributed by atoms with E-state index in [1.165, 1.54) is 12.1 Å². The molecule has 0 aromatic heterocycles. The maximum atomic E-state index is 13.4. The van der Waals surface area contributed by atoms with Gasteiger partial charge < -0.3 is 10.1 Å². The third kappa shape index (κ3) is 5.75. The number of sulfonamides is 1. The maximum absolute atomic E-state index is 13.4. The van der Waals surface area contributed by atoms with Crippen molar-refractivity contribution in [2.24, 2.45) is 0 Å². The second-order valence-electron chi connectivity index (χ2n) is 7.95. The number of amides is 1. The van der Waals surface area contributed by atoms with E-state index in [4.69, 9.17) is 16.3 Å². The molecule has 8 heteroatoms. The Balaban J connectivity index is 1.45. The van der Waals surface area contributed by atoms with E-state index in [0.717, 1.165) is 26.4 Å². The fourth-order valence-corrected chi connectivity index (χ4v) is 5.38. The minimum absolute atomic E-state index is 0.0788. The lowest BCUT2D eigenvalue weighted by Gasteiger charge is -2.25. The van der Waals surface area contributed by atoms with Crippen LogP contribution in [0.1, 0.15) is 5.56 Å². The number of ether oxygens (including phenoxy) is 1. The minimum Gasteiger partial charge on any atom is -0.491 e. The van der Waals surface area contributed by atoms with Crippen molar-refractivity contribution in [3.05, 3.63) is 102 Å². The molecule has 0 spiro atoms. The van der Waals surface area contributed by atoms with Crippen molar-refractivity contribution in [3.8, 4) is 5.75 Å². The first-order valence-corrected chi connectivity index (χ1v) is 12.9. The van der Waals surface area contributed by atoms with E-state index >= 15 is 0 Å². The SMILES string of the molecule is Cc1ccc(S(=O)(=O)N(CC(=O)NCCOc2cccc3ccccc23)c2ccccc2Cl)cc1.